The molecule has 0 aromatic heterocycles. The summed E-state index contributed by atoms with van der Waals surface area (Å²) in [6.45, 7) is 0. The summed E-state index contributed by atoms with van der Waals surface area (Å²) in [5.74, 6) is 0.0698. The first-order valence-corrected chi connectivity index (χ1v) is 6.20. The second kappa shape index (κ2) is 4.75. The van der Waals surface area contributed by atoms with Crippen molar-refractivity contribution in [1.29, 1.82) is 0 Å². The predicted molar refractivity (Wildman–Crippen MR) is 70.6 cm³/mol. The van der Waals surface area contributed by atoms with Crippen LogP contribution < -0.4 is 4.74 Å². The first kappa shape index (κ1) is 13.9. The van der Waals surface area contributed by atoms with Crippen molar-refractivity contribution in [3.05, 3.63) is 47.5 Å². The normalized spacial score (nSPS) is 18.4. The molecule has 6 heteroatoms. The predicted octanol–water partition coefficient (Wildman–Crippen LogP) is 2.86. The van der Waals surface area contributed by atoms with Crippen molar-refractivity contribution in [2.24, 2.45) is 0 Å². The largest absolute Gasteiger partial charge is 0.476 e. The number of aliphatic hydroxyl groups is 2. The van der Waals surface area contributed by atoms with Crippen molar-refractivity contribution >= 4 is 16.8 Å². The third kappa shape index (κ3) is 2.48. The Kier molecular flexibility index (Phi) is 3.15. The van der Waals surface area contributed by atoms with Crippen LogP contribution in [-0.4, -0.2) is 28.8 Å². The molecule has 0 saturated carbocycles. The van der Waals surface area contributed by atoms with Gasteiger partial charge in [-0.15, -0.1) is 0 Å². The zero-order valence-corrected chi connectivity index (χ0v) is 10.6. The third-order valence-corrected chi connectivity index (χ3v) is 3.34. The van der Waals surface area contributed by atoms with Crippen molar-refractivity contribution in [1.82, 2.24) is 0 Å². The van der Waals surface area contributed by atoms with E-state index in [1.165, 1.54) is 6.07 Å². The van der Waals surface area contributed by atoms with Gasteiger partial charge in [0.05, 0.1) is 0 Å². The van der Waals surface area contributed by atoms with Gasteiger partial charge in [-0.3, -0.25) is 0 Å². The Morgan fingerprint density at radius 3 is 2.24 bits per heavy atom. The SMILES string of the molecule is OC(O)C1=Cc2cc3ccccc3cc2OC1C(F)(F)F. The number of fused-ring (bicyclic) bond motifs is 2. The lowest BCUT2D eigenvalue weighted by molar-refractivity contribution is -0.192. The molecule has 110 valence electrons. The first-order valence-electron chi connectivity index (χ1n) is 6.20. The highest BCUT2D eigenvalue weighted by Gasteiger charge is 2.47. The quantitative estimate of drug-likeness (QED) is 0.796. The molecule has 21 heavy (non-hydrogen) atoms. The van der Waals surface area contributed by atoms with Crippen LogP contribution in [0.25, 0.3) is 16.8 Å². The second-order valence-electron chi connectivity index (χ2n) is 4.79. The van der Waals surface area contributed by atoms with Crippen molar-refractivity contribution in [2.45, 2.75) is 18.6 Å². The summed E-state index contributed by atoms with van der Waals surface area (Å²) >= 11 is 0. The van der Waals surface area contributed by atoms with Gasteiger partial charge in [-0.25, -0.2) is 0 Å². The standard InChI is InChI=1S/C15H11F3O3/c16-15(17,18)13-11(14(19)20)6-10-5-8-3-1-2-4-9(8)7-12(10)21-13/h1-7,13-14,19-20H. The van der Waals surface area contributed by atoms with Gasteiger partial charge >= 0.3 is 6.18 Å². The highest BCUT2D eigenvalue weighted by Crippen LogP contribution is 2.39. The van der Waals surface area contributed by atoms with E-state index in [-0.39, 0.29) is 5.75 Å². The van der Waals surface area contributed by atoms with Gasteiger partial charge in [-0.1, -0.05) is 24.3 Å². The second-order valence-corrected chi connectivity index (χ2v) is 4.79. The molecule has 0 bridgehead atoms. The number of ether oxygens (including phenoxy) is 1. The lowest BCUT2D eigenvalue weighted by Crippen LogP contribution is -2.41. The minimum atomic E-state index is -4.72. The smallest absolute Gasteiger partial charge is 0.429 e. The summed E-state index contributed by atoms with van der Waals surface area (Å²) in [5.41, 5.74) is -0.234. The van der Waals surface area contributed by atoms with Crippen LogP contribution in [0.4, 0.5) is 13.2 Å². The molecule has 0 spiro atoms. The molecule has 2 aromatic rings. The molecule has 3 nitrogen and oxygen atoms in total. The maximum atomic E-state index is 13.0. The van der Waals surface area contributed by atoms with Gasteiger partial charge in [-0.2, -0.15) is 13.2 Å². The van der Waals surface area contributed by atoms with Gasteiger partial charge in [0.25, 0.3) is 0 Å². The van der Waals surface area contributed by atoms with E-state index >= 15 is 0 Å². The maximum Gasteiger partial charge on any atom is 0.429 e. The van der Waals surface area contributed by atoms with Gasteiger partial charge in [-0.05, 0) is 29.0 Å². The molecular weight excluding hydrogens is 285 g/mol. The molecule has 1 unspecified atom stereocenters. The van der Waals surface area contributed by atoms with Crippen LogP contribution in [0.5, 0.6) is 5.75 Å². The summed E-state index contributed by atoms with van der Waals surface area (Å²) in [5, 5.41) is 19.9. The monoisotopic (exact) mass is 296 g/mol. The number of aliphatic hydroxyl groups excluding tert-OH is 1. The number of halogens is 3. The fourth-order valence-electron chi connectivity index (χ4n) is 2.37. The Balaban J connectivity index is 2.17. The zero-order valence-electron chi connectivity index (χ0n) is 10.6. The maximum absolute atomic E-state index is 13.0. The van der Waals surface area contributed by atoms with E-state index in [1.54, 1.807) is 18.2 Å². The van der Waals surface area contributed by atoms with E-state index < -0.39 is 24.1 Å². The Labute approximate surface area is 117 Å². The van der Waals surface area contributed by atoms with Crippen molar-refractivity contribution in [3.8, 4) is 5.75 Å². The Bertz CT molecular complexity index is 720. The van der Waals surface area contributed by atoms with E-state index in [9.17, 15) is 13.2 Å². The molecule has 1 heterocycles. The van der Waals surface area contributed by atoms with Crippen LogP contribution >= 0.6 is 0 Å². The topological polar surface area (TPSA) is 49.7 Å². The van der Waals surface area contributed by atoms with E-state index in [0.29, 0.717) is 5.56 Å². The Morgan fingerprint density at radius 1 is 1.05 bits per heavy atom. The van der Waals surface area contributed by atoms with Crippen LogP contribution in [0.1, 0.15) is 5.56 Å². The van der Waals surface area contributed by atoms with E-state index in [0.717, 1.165) is 16.8 Å². The van der Waals surface area contributed by atoms with Crippen LogP contribution in [0.3, 0.4) is 0 Å². The van der Waals surface area contributed by atoms with Gasteiger partial charge in [0, 0.05) is 11.1 Å². The van der Waals surface area contributed by atoms with E-state index in [2.05, 4.69) is 0 Å². The molecule has 0 amide bonds. The fraction of sp³-hybridized carbons (Fsp3) is 0.200. The average Bonchev–Trinajstić information content (AvgIpc) is 2.42. The summed E-state index contributed by atoms with van der Waals surface area (Å²) < 4.78 is 43.9. The highest BCUT2D eigenvalue weighted by atomic mass is 19.4. The number of benzene rings is 2. The Hall–Kier alpha value is -2.05. The lowest BCUT2D eigenvalue weighted by atomic mass is 9.98. The molecule has 0 aliphatic carbocycles. The molecule has 0 fully saturated rings. The molecule has 1 atom stereocenters. The molecule has 2 aromatic carbocycles. The average molecular weight is 296 g/mol. The van der Waals surface area contributed by atoms with Gasteiger partial charge in [0.2, 0.25) is 6.10 Å². The Morgan fingerprint density at radius 2 is 1.67 bits per heavy atom. The van der Waals surface area contributed by atoms with Crippen LogP contribution in [0, 0.1) is 0 Å². The van der Waals surface area contributed by atoms with Crippen molar-refractivity contribution in [2.75, 3.05) is 0 Å². The summed E-state index contributed by atoms with van der Waals surface area (Å²) in [7, 11) is 0. The number of hydrogen-bond acceptors (Lipinski definition) is 3. The minimum absolute atomic E-state index is 0.0698. The number of alkyl halides is 3. The molecule has 1 aliphatic heterocycles. The van der Waals surface area contributed by atoms with Crippen LogP contribution in [0.2, 0.25) is 0 Å². The van der Waals surface area contributed by atoms with Gasteiger partial charge in [0.1, 0.15) is 5.75 Å². The van der Waals surface area contributed by atoms with Gasteiger partial charge < -0.3 is 14.9 Å². The van der Waals surface area contributed by atoms with Crippen molar-refractivity contribution < 1.29 is 28.1 Å². The lowest BCUT2D eigenvalue weighted by Gasteiger charge is -2.29. The van der Waals surface area contributed by atoms with E-state index in [1.807, 2.05) is 12.1 Å². The number of hydrogen-bond donors (Lipinski definition) is 2. The summed E-state index contributed by atoms with van der Waals surface area (Å²) in [6, 6.07) is 10.3. The van der Waals surface area contributed by atoms with E-state index in [4.69, 9.17) is 14.9 Å². The first-order chi connectivity index (χ1) is 9.86. The summed E-state index contributed by atoms with van der Waals surface area (Å²) in [6.07, 6.45) is -8.19. The molecular formula is C15H11F3O3. The minimum Gasteiger partial charge on any atom is -0.476 e. The van der Waals surface area contributed by atoms with Gasteiger partial charge in [0.15, 0.2) is 6.29 Å². The molecule has 3 rings (SSSR count). The molecule has 2 N–H and O–H groups in total. The molecule has 0 saturated heterocycles. The highest BCUT2D eigenvalue weighted by molar-refractivity contribution is 5.88. The molecule has 0 radical (unpaired) electrons. The molecule has 1 aliphatic rings. The number of rotatable bonds is 1. The zero-order chi connectivity index (χ0) is 15.2. The summed E-state index contributed by atoms with van der Waals surface area (Å²) in [4.78, 5) is 0. The fourth-order valence-corrected chi connectivity index (χ4v) is 2.37. The van der Waals surface area contributed by atoms with Crippen LogP contribution in [-0.2, 0) is 0 Å². The van der Waals surface area contributed by atoms with Crippen LogP contribution in [0.15, 0.2) is 42.0 Å². The third-order valence-electron chi connectivity index (χ3n) is 3.34. The van der Waals surface area contributed by atoms with Crippen molar-refractivity contribution in [3.63, 3.8) is 0 Å².